The van der Waals surface area contributed by atoms with Crippen molar-refractivity contribution in [3.05, 3.63) is 17.7 Å². The second-order valence-corrected chi connectivity index (χ2v) is 5.91. The molecular weight excluding hydrogens is 372 g/mol. The Labute approximate surface area is 164 Å². The first kappa shape index (κ1) is 23.4. The highest BCUT2D eigenvalue weighted by atomic mass is 17.5. The minimum absolute atomic E-state index is 0.0114. The number of unbranched alkanes of at least 4 members (excludes halogenated alkanes) is 1. The highest BCUT2D eigenvalue weighted by Crippen LogP contribution is 2.34. The number of carbonyl (C=O) groups excluding carboxylic acids is 2. The Morgan fingerprint density at radius 2 is 1.57 bits per heavy atom. The van der Waals surface area contributed by atoms with Crippen LogP contribution in [-0.4, -0.2) is 40.1 Å². The van der Waals surface area contributed by atoms with Gasteiger partial charge in [-0.05, 0) is 12.3 Å². The van der Waals surface area contributed by atoms with Crippen molar-refractivity contribution in [3.8, 4) is 17.2 Å². The quantitative estimate of drug-likeness (QED) is 0.292. The Balaban J connectivity index is 2.55. The van der Waals surface area contributed by atoms with Crippen molar-refractivity contribution in [1.82, 2.24) is 0 Å². The van der Waals surface area contributed by atoms with Crippen molar-refractivity contribution >= 4 is 12.1 Å². The molecule has 0 aliphatic carbocycles. The lowest BCUT2D eigenvalue weighted by atomic mass is 10.0. The molecule has 1 unspecified atom stereocenters. The molecule has 0 amide bonds. The van der Waals surface area contributed by atoms with Crippen molar-refractivity contribution in [2.24, 2.45) is 5.92 Å². The fraction of sp³-hybridized carbons (Fsp3) is 0.579. The zero-order valence-corrected chi connectivity index (χ0v) is 16.9. The molecule has 0 saturated heterocycles. The van der Waals surface area contributed by atoms with Crippen LogP contribution < -0.4 is 14.2 Å². The topological polar surface area (TPSA) is 98.8 Å². The van der Waals surface area contributed by atoms with Gasteiger partial charge in [0.2, 0.25) is 0 Å². The fourth-order valence-corrected chi connectivity index (χ4v) is 2.42. The van der Waals surface area contributed by atoms with Crippen LogP contribution in [0.2, 0.25) is 0 Å². The average Bonchev–Trinajstić information content (AvgIpc) is 2.72. The molecule has 9 heteroatoms. The Morgan fingerprint density at radius 3 is 2.14 bits per heavy atom. The van der Waals surface area contributed by atoms with Gasteiger partial charge in [0.1, 0.15) is 11.3 Å². The average molecular weight is 400 g/mol. The monoisotopic (exact) mass is 400 g/mol. The molecule has 1 rings (SSSR count). The molecule has 0 bridgehead atoms. The summed E-state index contributed by atoms with van der Waals surface area (Å²) in [5.41, 5.74) is -0.0114. The van der Waals surface area contributed by atoms with E-state index in [2.05, 4.69) is 21.7 Å². The molecule has 0 aliphatic rings. The van der Waals surface area contributed by atoms with Crippen molar-refractivity contribution in [2.75, 3.05) is 27.9 Å². The minimum atomic E-state index is -1.10. The molecule has 0 aliphatic heterocycles. The van der Waals surface area contributed by atoms with Crippen LogP contribution in [0.5, 0.6) is 17.2 Å². The molecule has 0 saturated carbocycles. The predicted molar refractivity (Wildman–Crippen MR) is 98.3 cm³/mol. The summed E-state index contributed by atoms with van der Waals surface area (Å²) in [5.74, 6) is 0.0973. The van der Waals surface area contributed by atoms with Crippen LogP contribution in [0.4, 0.5) is 4.79 Å². The molecule has 1 aromatic carbocycles. The number of ether oxygens (including phenoxy) is 4. The standard InChI is InChI=1S/C19H28O9/c1-6-8-9-13(7-2)12-25-19(21)27-28-26-18(20)14-10-16(23-4)17(24-5)11-15(14)22-3/h10-11,13H,6-9,12H2,1-5H3. The molecule has 0 radical (unpaired) electrons. The number of benzene rings is 1. The van der Waals surface area contributed by atoms with Gasteiger partial charge < -0.3 is 18.9 Å². The number of hydrogen-bond acceptors (Lipinski definition) is 9. The molecule has 28 heavy (non-hydrogen) atoms. The molecule has 1 atom stereocenters. The van der Waals surface area contributed by atoms with E-state index in [0.717, 1.165) is 25.7 Å². The van der Waals surface area contributed by atoms with Crippen molar-refractivity contribution in [2.45, 2.75) is 39.5 Å². The van der Waals surface area contributed by atoms with E-state index < -0.39 is 12.1 Å². The van der Waals surface area contributed by atoms with E-state index in [0.29, 0.717) is 5.75 Å². The number of methoxy groups -OCH3 is 3. The van der Waals surface area contributed by atoms with Crippen LogP contribution in [0.15, 0.2) is 12.1 Å². The van der Waals surface area contributed by atoms with E-state index >= 15 is 0 Å². The fourth-order valence-electron chi connectivity index (χ4n) is 2.42. The van der Waals surface area contributed by atoms with Gasteiger partial charge >= 0.3 is 12.1 Å². The van der Waals surface area contributed by atoms with Gasteiger partial charge in [-0.2, -0.15) is 0 Å². The SMILES string of the molecule is CCCCC(CC)COC(=O)OOOC(=O)c1cc(OC)c(OC)cc1OC. The molecule has 0 heterocycles. The van der Waals surface area contributed by atoms with Crippen molar-refractivity contribution in [3.63, 3.8) is 0 Å². The second-order valence-electron chi connectivity index (χ2n) is 5.91. The predicted octanol–water partition coefficient (Wildman–Crippen LogP) is 4.09. The summed E-state index contributed by atoms with van der Waals surface area (Å²) in [6.45, 7) is 4.32. The van der Waals surface area contributed by atoms with E-state index in [1.54, 1.807) is 0 Å². The largest absolute Gasteiger partial charge is 0.543 e. The summed E-state index contributed by atoms with van der Waals surface area (Å²) in [6.07, 6.45) is 2.86. The van der Waals surface area contributed by atoms with E-state index in [-0.39, 0.29) is 29.6 Å². The van der Waals surface area contributed by atoms with E-state index in [4.69, 9.17) is 18.9 Å². The van der Waals surface area contributed by atoms with Gasteiger partial charge in [-0.3, -0.25) is 4.89 Å². The molecule has 0 fully saturated rings. The van der Waals surface area contributed by atoms with Crippen LogP contribution in [0.1, 0.15) is 49.9 Å². The number of rotatable bonds is 12. The third-order valence-electron chi connectivity index (χ3n) is 4.12. The summed E-state index contributed by atoms with van der Waals surface area (Å²) in [6, 6.07) is 2.80. The summed E-state index contributed by atoms with van der Waals surface area (Å²) < 4.78 is 20.3. The third kappa shape index (κ3) is 7.15. The maximum atomic E-state index is 12.1. The van der Waals surface area contributed by atoms with Gasteiger partial charge in [0.25, 0.3) is 0 Å². The van der Waals surface area contributed by atoms with Gasteiger partial charge in [0.15, 0.2) is 11.5 Å². The summed E-state index contributed by atoms with van der Waals surface area (Å²) in [4.78, 5) is 32.5. The van der Waals surface area contributed by atoms with Crippen LogP contribution >= 0.6 is 0 Å². The molecule has 0 N–H and O–H groups in total. The first-order valence-corrected chi connectivity index (χ1v) is 9.02. The molecule has 1 aromatic rings. The lowest BCUT2D eigenvalue weighted by molar-refractivity contribution is -0.452. The first-order chi connectivity index (χ1) is 13.5. The number of hydrogen-bond donors (Lipinski definition) is 0. The van der Waals surface area contributed by atoms with Gasteiger partial charge in [-0.15, -0.1) is 0 Å². The first-order valence-electron chi connectivity index (χ1n) is 9.02. The zero-order valence-electron chi connectivity index (χ0n) is 16.9. The van der Waals surface area contributed by atoms with Crippen molar-refractivity contribution < 1.29 is 43.3 Å². The maximum Gasteiger partial charge on any atom is 0.543 e. The zero-order chi connectivity index (χ0) is 20.9. The van der Waals surface area contributed by atoms with Crippen LogP contribution in [0.25, 0.3) is 0 Å². The van der Waals surface area contributed by atoms with Gasteiger partial charge in [0.05, 0.1) is 33.0 Å². The summed E-state index contributed by atoms with van der Waals surface area (Å²) in [5, 5.41) is 4.24. The molecular formula is C19H28O9. The lowest BCUT2D eigenvalue weighted by Crippen LogP contribution is -2.16. The van der Waals surface area contributed by atoms with Gasteiger partial charge in [0, 0.05) is 12.1 Å². The molecule has 9 nitrogen and oxygen atoms in total. The van der Waals surface area contributed by atoms with Gasteiger partial charge in [-0.25, -0.2) is 14.5 Å². The maximum absolute atomic E-state index is 12.1. The van der Waals surface area contributed by atoms with Crippen LogP contribution in [-0.2, 0) is 19.6 Å². The van der Waals surface area contributed by atoms with E-state index in [1.165, 1.54) is 33.5 Å². The highest BCUT2D eigenvalue weighted by molar-refractivity contribution is 5.93. The summed E-state index contributed by atoms with van der Waals surface area (Å²) >= 11 is 0. The molecule has 0 aromatic heterocycles. The molecule has 158 valence electrons. The number of carbonyl (C=O) groups is 2. The van der Waals surface area contributed by atoms with Crippen LogP contribution in [0.3, 0.4) is 0 Å². The summed E-state index contributed by atoms with van der Waals surface area (Å²) in [7, 11) is 4.23. The Bertz CT molecular complexity index is 630. The van der Waals surface area contributed by atoms with E-state index in [1.807, 2.05) is 6.92 Å². The lowest BCUT2D eigenvalue weighted by Gasteiger charge is -2.14. The smallest absolute Gasteiger partial charge is 0.496 e. The Hall–Kier alpha value is -2.68. The van der Waals surface area contributed by atoms with Gasteiger partial charge in [-0.1, -0.05) is 33.1 Å². The minimum Gasteiger partial charge on any atom is -0.496 e. The highest BCUT2D eigenvalue weighted by Gasteiger charge is 2.21. The molecule has 0 spiro atoms. The Kier molecular flexibility index (Phi) is 10.6. The second kappa shape index (κ2) is 12.7. The Morgan fingerprint density at radius 1 is 0.929 bits per heavy atom. The van der Waals surface area contributed by atoms with E-state index in [9.17, 15) is 9.59 Å². The third-order valence-corrected chi connectivity index (χ3v) is 4.12. The van der Waals surface area contributed by atoms with Crippen molar-refractivity contribution in [1.29, 1.82) is 0 Å². The van der Waals surface area contributed by atoms with Crippen LogP contribution in [0, 0.1) is 5.92 Å². The normalized spacial score (nSPS) is 11.3.